The predicted octanol–water partition coefficient (Wildman–Crippen LogP) is 3.15. The molecule has 1 aromatic heterocycles. The third-order valence-electron chi connectivity index (χ3n) is 5.92. The van der Waals surface area contributed by atoms with E-state index in [-0.39, 0.29) is 45.5 Å². The zero-order chi connectivity index (χ0) is 24.1. The molecule has 172 valence electrons. The Balaban J connectivity index is 2.07. The van der Waals surface area contributed by atoms with Crippen LogP contribution in [0.25, 0.3) is 11.3 Å². The Morgan fingerprint density at radius 2 is 1.91 bits per heavy atom. The number of nitrogens with two attached hydrogens (primary N) is 2. The first kappa shape index (κ1) is 23.0. The molecule has 6 nitrogen and oxygen atoms in total. The van der Waals surface area contributed by atoms with Crippen molar-refractivity contribution in [3.05, 3.63) is 81.8 Å². The van der Waals surface area contributed by atoms with E-state index in [1.165, 1.54) is 31.2 Å². The third kappa shape index (κ3) is 3.52. The number of aromatic nitrogens is 1. The highest BCUT2D eigenvalue weighted by atomic mass is 35.5. The molecule has 0 radical (unpaired) electrons. The van der Waals surface area contributed by atoms with Crippen molar-refractivity contribution < 1.29 is 27.8 Å². The number of ether oxygens (including phenoxy) is 1. The number of amides is 1. The van der Waals surface area contributed by atoms with Crippen molar-refractivity contribution in [2.45, 2.75) is 17.9 Å². The number of pyridine rings is 1. The fraction of sp³-hybridized carbons (Fsp3) is 0.217. The van der Waals surface area contributed by atoms with Gasteiger partial charge in [-0.15, -0.1) is 0 Å². The molecule has 2 heterocycles. The molecule has 4 rings (SSSR count). The van der Waals surface area contributed by atoms with Gasteiger partial charge < -0.3 is 21.3 Å². The summed E-state index contributed by atoms with van der Waals surface area (Å²) in [5.41, 5.74) is 7.35. The van der Waals surface area contributed by atoms with E-state index in [0.29, 0.717) is 6.07 Å². The number of hydrogen-bond donors (Lipinski definition) is 3. The number of hydrogen-bond acceptors (Lipinski definition) is 5. The second kappa shape index (κ2) is 8.02. The van der Waals surface area contributed by atoms with Gasteiger partial charge >= 0.3 is 0 Å². The normalized spacial score (nSPS) is 19.0. The molecular formula is C23H19ClF3N3O3. The lowest BCUT2D eigenvalue weighted by molar-refractivity contribution is -0.123. The molecule has 0 saturated heterocycles. The predicted molar refractivity (Wildman–Crippen MR) is 115 cm³/mol. The second-order valence-electron chi connectivity index (χ2n) is 8.01. The molecule has 0 aliphatic carbocycles. The summed E-state index contributed by atoms with van der Waals surface area (Å²) < 4.78 is 48.9. The van der Waals surface area contributed by atoms with E-state index in [2.05, 4.69) is 4.98 Å². The number of fused-ring (bicyclic) bond motifs is 1. The highest BCUT2D eigenvalue weighted by molar-refractivity contribution is 6.31. The SMILES string of the molecule is C[C@]1(C(N)=O)COc2c1cc([C@@](O)(CN)c1ccccc1F)nc2-c1cc(Cl)c(F)cc1F. The van der Waals surface area contributed by atoms with Crippen LogP contribution in [0.1, 0.15) is 23.7 Å². The number of carbonyl (C=O) groups excluding carboxylic acids is 1. The molecule has 0 unspecified atom stereocenters. The van der Waals surface area contributed by atoms with Crippen molar-refractivity contribution >= 4 is 17.5 Å². The maximum Gasteiger partial charge on any atom is 0.231 e. The lowest BCUT2D eigenvalue weighted by Gasteiger charge is -2.29. The van der Waals surface area contributed by atoms with Gasteiger partial charge in [-0.05, 0) is 25.1 Å². The van der Waals surface area contributed by atoms with E-state index in [0.717, 1.165) is 12.1 Å². The fourth-order valence-electron chi connectivity index (χ4n) is 3.83. The summed E-state index contributed by atoms with van der Waals surface area (Å²) in [5, 5.41) is 11.1. The Kier molecular flexibility index (Phi) is 5.60. The van der Waals surface area contributed by atoms with Gasteiger partial charge in [-0.25, -0.2) is 18.2 Å². The van der Waals surface area contributed by atoms with Crippen LogP contribution in [0, 0.1) is 17.5 Å². The van der Waals surface area contributed by atoms with Gasteiger partial charge in [0.1, 0.15) is 46.5 Å². The first-order chi connectivity index (χ1) is 15.5. The van der Waals surface area contributed by atoms with Crippen LogP contribution in [0.2, 0.25) is 5.02 Å². The monoisotopic (exact) mass is 477 g/mol. The van der Waals surface area contributed by atoms with Crippen LogP contribution in [0.3, 0.4) is 0 Å². The smallest absolute Gasteiger partial charge is 0.231 e. The topological polar surface area (TPSA) is 111 Å². The van der Waals surface area contributed by atoms with Crippen LogP contribution in [-0.4, -0.2) is 29.1 Å². The lowest BCUT2D eigenvalue weighted by atomic mass is 9.80. The molecule has 0 fully saturated rings. The molecule has 5 N–H and O–H groups in total. The van der Waals surface area contributed by atoms with Crippen molar-refractivity contribution in [1.82, 2.24) is 4.98 Å². The highest BCUT2D eigenvalue weighted by Gasteiger charge is 2.46. The van der Waals surface area contributed by atoms with Gasteiger partial charge in [0.25, 0.3) is 0 Å². The van der Waals surface area contributed by atoms with Crippen LogP contribution in [-0.2, 0) is 15.8 Å². The molecule has 2 atom stereocenters. The summed E-state index contributed by atoms with van der Waals surface area (Å²) in [6.45, 7) is 0.820. The Morgan fingerprint density at radius 1 is 1.21 bits per heavy atom. The fourth-order valence-corrected chi connectivity index (χ4v) is 4.00. The van der Waals surface area contributed by atoms with Gasteiger partial charge in [0.05, 0.1) is 10.7 Å². The molecule has 0 saturated carbocycles. The molecule has 0 spiro atoms. The van der Waals surface area contributed by atoms with Crippen LogP contribution in [0.15, 0.2) is 42.5 Å². The van der Waals surface area contributed by atoms with E-state index in [1.54, 1.807) is 0 Å². The van der Waals surface area contributed by atoms with Crippen molar-refractivity contribution in [1.29, 1.82) is 0 Å². The molecule has 33 heavy (non-hydrogen) atoms. The van der Waals surface area contributed by atoms with E-state index in [4.69, 9.17) is 27.8 Å². The molecule has 1 amide bonds. The Labute approximate surface area is 191 Å². The number of rotatable bonds is 5. The summed E-state index contributed by atoms with van der Waals surface area (Å²) in [4.78, 5) is 16.6. The standard InChI is InChI=1S/C23H19ClF3N3O3/c1-22(21(29)31)10-33-20-13(22)7-18(23(32,9-28)12-4-2-3-5-15(12)25)30-19(20)11-6-14(24)17(27)8-16(11)26/h2-8,32H,9-10,28H2,1H3,(H2,29,31)/t22-,23+/m0/s1. The minimum Gasteiger partial charge on any atom is -0.489 e. The molecule has 1 aliphatic rings. The summed E-state index contributed by atoms with van der Waals surface area (Å²) in [6.07, 6.45) is 0. The minimum atomic E-state index is -2.16. The van der Waals surface area contributed by atoms with Crippen LogP contribution >= 0.6 is 11.6 Å². The largest absolute Gasteiger partial charge is 0.489 e. The quantitative estimate of drug-likeness (QED) is 0.489. The highest BCUT2D eigenvalue weighted by Crippen LogP contribution is 2.47. The first-order valence-corrected chi connectivity index (χ1v) is 10.2. The number of nitrogens with zero attached hydrogens (tertiary/aromatic N) is 1. The molecule has 2 aromatic carbocycles. The lowest BCUT2D eigenvalue weighted by Crippen LogP contribution is -2.41. The number of carbonyl (C=O) groups is 1. The van der Waals surface area contributed by atoms with Crippen molar-refractivity contribution in [2.75, 3.05) is 13.2 Å². The van der Waals surface area contributed by atoms with Gasteiger partial charge in [0.15, 0.2) is 0 Å². The number of primary amides is 1. The Hall–Kier alpha value is -3.14. The number of benzene rings is 2. The summed E-state index contributed by atoms with van der Waals surface area (Å²) in [7, 11) is 0. The zero-order valence-electron chi connectivity index (χ0n) is 17.3. The number of aliphatic hydroxyl groups is 1. The Bertz CT molecular complexity index is 1290. The van der Waals surface area contributed by atoms with Gasteiger partial charge in [-0.2, -0.15) is 0 Å². The van der Waals surface area contributed by atoms with Gasteiger partial charge in [-0.1, -0.05) is 29.8 Å². The first-order valence-electron chi connectivity index (χ1n) is 9.84. The van der Waals surface area contributed by atoms with Crippen LogP contribution < -0.4 is 16.2 Å². The molecule has 0 bridgehead atoms. The van der Waals surface area contributed by atoms with Gasteiger partial charge in [0.2, 0.25) is 5.91 Å². The zero-order valence-corrected chi connectivity index (χ0v) is 18.1. The van der Waals surface area contributed by atoms with E-state index >= 15 is 0 Å². The summed E-state index contributed by atoms with van der Waals surface area (Å²) >= 11 is 5.86. The minimum absolute atomic E-state index is 0.00882. The third-order valence-corrected chi connectivity index (χ3v) is 6.21. The van der Waals surface area contributed by atoms with E-state index in [9.17, 15) is 23.1 Å². The maximum atomic E-state index is 14.8. The van der Waals surface area contributed by atoms with E-state index < -0.39 is 40.9 Å². The summed E-state index contributed by atoms with van der Waals surface area (Å²) in [5.74, 6) is -3.49. The maximum absolute atomic E-state index is 14.8. The molecular weight excluding hydrogens is 459 g/mol. The molecule has 3 aromatic rings. The average molecular weight is 478 g/mol. The van der Waals surface area contributed by atoms with Crippen LogP contribution in [0.4, 0.5) is 13.2 Å². The number of halogens is 4. The van der Waals surface area contributed by atoms with Crippen molar-refractivity contribution in [3.8, 4) is 17.0 Å². The van der Waals surface area contributed by atoms with Crippen LogP contribution in [0.5, 0.6) is 5.75 Å². The molecule has 1 aliphatic heterocycles. The van der Waals surface area contributed by atoms with Gasteiger partial charge in [0, 0.05) is 29.3 Å². The van der Waals surface area contributed by atoms with Crippen molar-refractivity contribution in [2.24, 2.45) is 11.5 Å². The average Bonchev–Trinajstić information content (AvgIpc) is 3.14. The van der Waals surface area contributed by atoms with Gasteiger partial charge in [-0.3, -0.25) is 4.79 Å². The van der Waals surface area contributed by atoms with Crippen molar-refractivity contribution in [3.63, 3.8) is 0 Å². The molecule has 10 heteroatoms. The van der Waals surface area contributed by atoms with E-state index in [1.807, 2.05) is 0 Å². The Morgan fingerprint density at radius 3 is 2.55 bits per heavy atom. The summed E-state index contributed by atoms with van der Waals surface area (Å²) in [6, 6.07) is 8.32. The second-order valence-corrected chi connectivity index (χ2v) is 8.42.